The molecule has 17 heavy (non-hydrogen) atoms. The highest BCUT2D eigenvalue weighted by Gasteiger charge is 2.70. The summed E-state index contributed by atoms with van der Waals surface area (Å²) < 4.78 is 0. The van der Waals surface area contributed by atoms with Gasteiger partial charge in [0, 0.05) is 18.3 Å². The Balaban J connectivity index is 2.18. The van der Waals surface area contributed by atoms with Crippen molar-refractivity contribution in [3.63, 3.8) is 0 Å². The summed E-state index contributed by atoms with van der Waals surface area (Å²) in [6.07, 6.45) is 8.27. The molecule has 0 radical (unpaired) electrons. The van der Waals surface area contributed by atoms with Crippen LogP contribution in [-0.2, 0) is 9.59 Å². The quantitative estimate of drug-likeness (QED) is 0.653. The Morgan fingerprint density at radius 3 is 2.71 bits per heavy atom. The van der Waals surface area contributed by atoms with E-state index in [1.54, 1.807) is 0 Å². The zero-order valence-corrected chi connectivity index (χ0v) is 10.9. The van der Waals surface area contributed by atoms with E-state index in [1.165, 1.54) is 25.7 Å². The Labute approximate surface area is 103 Å². The van der Waals surface area contributed by atoms with E-state index in [2.05, 4.69) is 13.8 Å². The van der Waals surface area contributed by atoms with Crippen LogP contribution in [0.25, 0.3) is 0 Å². The Morgan fingerprint density at radius 2 is 2.00 bits per heavy atom. The van der Waals surface area contributed by atoms with Crippen molar-refractivity contribution in [3.05, 3.63) is 0 Å². The van der Waals surface area contributed by atoms with Crippen molar-refractivity contribution in [2.75, 3.05) is 0 Å². The number of carbonyl (C=O) groups is 2. The number of ketones is 1. The summed E-state index contributed by atoms with van der Waals surface area (Å²) in [6, 6.07) is 0. The van der Waals surface area contributed by atoms with E-state index in [1.807, 2.05) is 0 Å². The van der Waals surface area contributed by atoms with Gasteiger partial charge in [0.15, 0.2) is 0 Å². The highest BCUT2D eigenvalue weighted by Crippen LogP contribution is 2.75. The monoisotopic (exact) mass is 234 g/mol. The van der Waals surface area contributed by atoms with Gasteiger partial charge in [-0.05, 0) is 42.4 Å². The summed E-state index contributed by atoms with van der Waals surface area (Å²) in [4.78, 5) is 23.8. The molecule has 2 nitrogen and oxygen atoms in total. The van der Waals surface area contributed by atoms with Gasteiger partial charge in [-0.2, -0.15) is 0 Å². The molecule has 3 rings (SSSR count). The van der Waals surface area contributed by atoms with Crippen molar-refractivity contribution >= 4 is 12.1 Å². The molecule has 0 spiro atoms. The minimum atomic E-state index is -0.385. The molecule has 0 aliphatic heterocycles. The molecule has 4 atom stereocenters. The molecule has 3 saturated carbocycles. The molecule has 94 valence electrons. The Bertz CT molecular complexity index is 388. The lowest BCUT2D eigenvalue weighted by Crippen LogP contribution is -2.54. The average molecular weight is 234 g/mol. The maximum absolute atomic E-state index is 12.1. The zero-order valence-electron chi connectivity index (χ0n) is 10.9. The molecule has 0 aromatic heterocycles. The van der Waals surface area contributed by atoms with Crippen LogP contribution in [-0.4, -0.2) is 12.1 Å². The van der Waals surface area contributed by atoms with Gasteiger partial charge in [0.05, 0.1) is 0 Å². The van der Waals surface area contributed by atoms with Gasteiger partial charge < -0.3 is 4.79 Å². The lowest BCUT2D eigenvalue weighted by molar-refractivity contribution is -0.153. The average Bonchev–Trinajstić information content (AvgIpc) is 2.77. The molecule has 0 amide bonds. The molecular weight excluding hydrogens is 212 g/mol. The summed E-state index contributed by atoms with van der Waals surface area (Å²) in [5.41, 5.74) is -0.0728. The molecule has 2 heteroatoms. The smallest absolute Gasteiger partial charge is 0.134 e. The largest absolute Gasteiger partial charge is 0.303 e. The topological polar surface area (TPSA) is 34.1 Å². The third-order valence-corrected chi connectivity index (χ3v) is 6.56. The van der Waals surface area contributed by atoms with Crippen molar-refractivity contribution in [1.29, 1.82) is 0 Å². The SMILES string of the molecule is C[C@@H]1CC[C@]23CCC[C@]12CC(=O)CC3(C)C=O. The summed E-state index contributed by atoms with van der Waals surface area (Å²) in [6.45, 7) is 4.35. The van der Waals surface area contributed by atoms with Crippen molar-refractivity contribution in [1.82, 2.24) is 0 Å². The van der Waals surface area contributed by atoms with Crippen LogP contribution >= 0.6 is 0 Å². The van der Waals surface area contributed by atoms with Crippen LogP contribution in [0.15, 0.2) is 0 Å². The van der Waals surface area contributed by atoms with Crippen LogP contribution < -0.4 is 0 Å². The van der Waals surface area contributed by atoms with E-state index in [0.29, 0.717) is 18.1 Å². The first kappa shape index (κ1) is 11.4. The van der Waals surface area contributed by atoms with E-state index >= 15 is 0 Å². The second-order valence-electron chi connectivity index (χ2n) is 6.96. The molecule has 0 aromatic carbocycles. The summed E-state index contributed by atoms with van der Waals surface area (Å²) >= 11 is 0. The number of aldehydes is 1. The Kier molecular flexibility index (Phi) is 2.16. The number of carbonyl (C=O) groups excluding carboxylic acids is 2. The van der Waals surface area contributed by atoms with Crippen LogP contribution in [0, 0.1) is 22.2 Å². The molecule has 3 aliphatic rings. The Morgan fingerprint density at radius 1 is 1.24 bits per heavy atom. The van der Waals surface area contributed by atoms with Crippen LogP contribution in [0.5, 0.6) is 0 Å². The second kappa shape index (κ2) is 3.21. The molecule has 0 saturated heterocycles. The minimum Gasteiger partial charge on any atom is -0.303 e. The molecule has 1 unspecified atom stereocenters. The molecule has 0 N–H and O–H groups in total. The highest BCUT2D eigenvalue weighted by atomic mass is 16.1. The predicted molar refractivity (Wildman–Crippen MR) is 65.5 cm³/mol. The fraction of sp³-hybridized carbons (Fsp3) is 0.867. The highest BCUT2D eigenvalue weighted by molar-refractivity contribution is 5.86. The fourth-order valence-corrected chi connectivity index (χ4v) is 5.74. The predicted octanol–water partition coefficient (Wildman–Crippen LogP) is 3.14. The van der Waals surface area contributed by atoms with E-state index in [-0.39, 0.29) is 16.2 Å². The minimum absolute atomic E-state index is 0.148. The van der Waals surface area contributed by atoms with Crippen LogP contribution in [0.3, 0.4) is 0 Å². The molecule has 3 aliphatic carbocycles. The summed E-state index contributed by atoms with van der Waals surface area (Å²) in [5, 5.41) is 0. The normalized spacial score (nSPS) is 53.3. The standard InChI is InChI=1S/C15H22O2/c1-11-4-7-15-6-3-5-14(11,15)9-12(17)8-13(15,2)10-16/h10-11H,3-9H2,1-2H3/t11-,13?,14+,15+/m1/s1. The summed E-state index contributed by atoms with van der Waals surface area (Å²) in [5.74, 6) is 0.944. The van der Waals surface area contributed by atoms with Gasteiger partial charge in [-0.25, -0.2) is 0 Å². The van der Waals surface area contributed by atoms with Gasteiger partial charge in [0.1, 0.15) is 12.1 Å². The van der Waals surface area contributed by atoms with Gasteiger partial charge in [-0.3, -0.25) is 4.79 Å². The lowest BCUT2D eigenvalue weighted by Gasteiger charge is -2.55. The third kappa shape index (κ3) is 1.08. The first-order valence-corrected chi connectivity index (χ1v) is 6.98. The maximum atomic E-state index is 12.1. The van der Waals surface area contributed by atoms with Crippen LogP contribution in [0.2, 0.25) is 0 Å². The van der Waals surface area contributed by atoms with Gasteiger partial charge >= 0.3 is 0 Å². The maximum Gasteiger partial charge on any atom is 0.134 e. The van der Waals surface area contributed by atoms with Crippen molar-refractivity contribution < 1.29 is 9.59 Å². The Hall–Kier alpha value is -0.660. The molecular formula is C15H22O2. The molecule has 0 bridgehead atoms. The van der Waals surface area contributed by atoms with E-state index < -0.39 is 0 Å². The molecule has 0 heterocycles. The molecule has 3 fully saturated rings. The lowest BCUT2D eigenvalue weighted by atomic mass is 9.47. The zero-order chi connectivity index (χ0) is 12.3. The number of hydrogen-bond acceptors (Lipinski definition) is 2. The van der Waals surface area contributed by atoms with Gasteiger partial charge in [0.25, 0.3) is 0 Å². The van der Waals surface area contributed by atoms with Crippen LogP contribution in [0.1, 0.15) is 58.8 Å². The van der Waals surface area contributed by atoms with Crippen molar-refractivity contribution in [2.24, 2.45) is 22.2 Å². The number of hydrogen-bond donors (Lipinski definition) is 0. The third-order valence-electron chi connectivity index (χ3n) is 6.56. The van der Waals surface area contributed by atoms with E-state index in [4.69, 9.17) is 0 Å². The van der Waals surface area contributed by atoms with E-state index in [9.17, 15) is 9.59 Å². The first-order valence-electron chi connectivity index (χ1n) is 6.98. The van der Waals surface area contributed by atoms with E-state index in [0.717, 1.165) is 19.1 Å². The molecule has 0 aromatic rings. The second-order valence-corrected chi connectivity index (χ2v) is 6.96. The number of rotatable bonds is 1. The summed E-state index contributed by atoms with van der Waals surface area (Å²) in [7, 11) is 0. The first-order chi connectivity index (χ1) is 8.00. The van der Waals surface area contributed by atoms with Crippen molar-refractivity contribution in [3.8, 4) is 0 Å². The van der Waals surface area contributed by atoms with Gasteiger partial charge in [-0.1, -0.05) is 20.3 Å². The number of Topliss-reactive ketones (excluding diaryl/α,β-unsaturated/α-hetero) is 1. The van der Waals surface area contributed by atoms with Crippen LogP contribution in [0.4, 0.5) is 0 Å². The fourth-order valence-electron chi connectivity index (χ4n) is 5.74. The van der Waals surface area contributed by atoms with Gasteiger partial charge in [-0.15, -0.1) is 0 Å². The van der Waals surface area contributed by atoms with Crippen molar-refractivity contribution in [2.45, 2.75) is 58.8 Å². The van der Waals surface area contributed by atoms with Gasteiger partial charge in [0.2, 0.25) is 0 Å².